The van der Waals surface area contributed by atoms with E-state index in [1.54, 1.807) is 19.1 Å². The molecule has 0 spiro atoms. The SMILES string of the molecule is CCS(=O)(=O)N1CCc2c(ccc(C(=O)OC)c2N)C1. The summed E-state index contributed by atoms with van der Waals surface area (Å²) in [6.07, 6.45) is 0.505. The number of benzene rings is 1. The molecule has 0 saturated carbocycles. The summed E-state index contributed by atoms with van der Waals surface area (Å²) in [6.45, 7) is 2.31. The lowest BCUT2D eigenvalue weighted by Crippen LogP contribution is -2.37. The van der Waals surface area contributed by atoms with E-state index in [4.69, 9.17) is 5.73 Å². The number of carbonyl (C=O) groups excluding carboxylic acids is 1. The van der Waals surface area contributed by atoms with Crippen LogP contribution < -0.4 is 5.73 Å². The van der Waals surface area contributed by atoms with Gasteiger partial charge >= 0.3 is 5.97 Å². The van der Waals surface area contributed by atoms with Crippen LogP contribution in [-0.2, 0) is 27.7 Å². The molecule has 1 aliphatic rings. The summed E-state index contributed by atoms with van der Waals surface area (Å²) in [5, 5.41) is 0. The first-order valence-corrected chi connectivity index (χ1v) is 7.98. The number of rotatable bonds is 3. The Morgan fingerprint density at radius 1 is 1.45 bits per heavy atom. The Morgan fingerprint density at radius 3 is 2.75 bits per heavy atom. The van der Waals surface area contributed by atoms with Crippen LogP contribution in [0.4, 0.5) is 5.69 Å². The Bertz CT molecular complexity index is 640. The molecule has 0 amide bonds. The molecule has 0 radical (unpaired) electrons. The Hall–Kier alpha value is -1.60. The molecule has 20 heavy (non-hydrogen) atoms. The van der Waals surface area contributed by atoms with E-state index in [2.05, 4.69) is 4.74 Å². The molecule has 0 unspecified atom stereocenters. The maximum atomic E-state index is 11.9. The lowest BCUT2D eigenvalue weighted by Gasteiger charge is -2.29. The van der Waals surface area contributed by atoms with Crippen LogP contribution >= 0.6 is 0 Å². The van der Waals surface area contributed by atoms with E-state index in [1.165, 1.54) is 11.4 Å². The molecule has 0 aromatic heterocycles. The maximum absolute atomic E-state index is 11.9. The predicted molar refractivity (Wildman–Crippen MR) is 75.8 cm³/mol. The molecule has 7 heteroatoms. The zero-order chi connectivity index (χ0) is 14.9. The minimum Gasteiger partial charge on any atom is -0.465 e. The number of nitrogen functional groups attached to an aromatic ring is 1. The highest BCUT2D eigenvalue weighted by Gasteiger charge is 2.27. The van der Waals surface area contributed by atoms with Gasteiger partial charge in [0.2, 0.25) is 10.0 Å². The van der Waals surface area contributed by atoms with E-state index < -0.39 is 16.0 Å². The van der Waals surface area contributed by atoms with Crippen molar-refractivity contribution in [3.8, 4) is 0 Å². The molecular formula is C13H18N2O4S. The average Bonchev–Trinajstić information content (AvgIpc) is 2.46. The van der Waals surface area contributed by atoms with Gasteiger partial charge in [0.15, 0.2) is 0 Å². The fraction of sp³-hybridized carbons (Fsp3) is 0.462. The van der Waals surface area contributed by atoms with Crippen LogP contribution in [0.1, 0.15) is 28.4 Å². The number of hydrogen-bond donors (Lipinski definition) is 1. The largest absolute Gasteiger partial charge is 0.465 e. The summed E-state index contributed by atoms with van der Waals surface area (Å²) in [7, 11) is -1.90. The van der Waals surface area contributed by atoms with E-state index in [9.17, 15) is 13.2 Å². The second-order valence-electron chi connectivity index (χ2n) is 4.64. The molecule has 0 fully saturated rings. The molecule has 0 saturated heterocycles. The maximum Gasteiger partial charge on any atom is 0.339 e. The fourth-order valence-corrected chi connectivity index (χ4v) is 3.44. The summed E-state index contributed by atoms with van der Waals surface area (Å²) in [5.74, 6) is -0.396. The summed E-state index contributed by atoms with van der Waals surface area (Å²) in [6, 6.07) is 3.33. The second kappa shape index (κ2) is 5.41. The molecule has 2 rings (SSSR count). The van der Waals surface area contributed by atoms with Crippen molar-refractivity contribution in [1.82, 2.24) is 4.31 Å². The highest BCUT2D eigenvalue weighted by atomic mass is 32.2. The second-order valence-corrected chi connectivity index (χ2v) is 6.90. The number of nitrogens with zero attached hydrogens (tertiary/aromatic N) is 1. The number of esters is 1. The molecule has 1 aromatic carbocycles. The first kappa shape index (κ1) is 14.8. The zero-order valence-electron chi connectivity index (χ0n) is 11.5. The Kier molecular flexibility index (Phi) is 4.01. The van der Waals surface area contributed by atoms with Gasteiger partial charge in [-0.25, -0.2) is 13.2 Å². The number of ether oxygens (including phenoxy) is 1. The molecule has 1 heterocycles. The number of anilines is 1. The van der Waals surface area contributed by atoms with Crippen LogP contribution in [0.5, 0.6) is 0 Å². The van der Waals surface area contributed by atoms with Crippen LogP contribution in [0.2, 0.25) is 0 Å². The topological polar surface area (TPSA) is 89.7 Å². The Morgan fingerprint density at radius 2 is 2.15 bits per heavy atom. The quantitative estimate of drug-likeness (QED) is 0.657. The van der Waals surface area contributed by atoms with Gasteiger partial charge in [-0.3, -0.25) is 0 Å². The van der Waals surface area contributed by atoms with Gasteiger partial charge in [0, 0.05) is 18.8 Å². The fourth-order valence-electron chi connectivity index (χ4n) is 2.37. The number of hydrogen-bond acceptors (Lipinski definition) is 5. The van der Waals surface area contributed by atoms with Crippen molar-refractivity contribution in [2.75, 3.05) is 25.1 Å². The van der Waals surface area contributed by atoms with Crippen LogP contribution in [0.15, 0.2) is 12.1 Å². The molecule has 110 valence electrons. The van der Waals surface area contributed by atoms with Gasteiger partial charge in [-0.1, -0.05) is 6.07 Å². The van der Waals surface area contributed by atoms with Gasteiger partial charge in [-0.15, -0.1) is 0 Å². The van der Waals surface area contributed by atoms with Gasteiger partial charge in [-0.2, -0.15) is 4.31 Å². The van der Waals surface area contributed by atoms with Gasteiger partial charge < -0.3 is 10.5 Å². The van der Waals surface area contributed by atoms with E-state index in [-0.39, 0.29) is 5.75 Å². The normalized spacial score (nSPS) is 15.7. The van der Waals surface area contributed by atoms with Gasteiger partial charge in [0.25, 0.3) is 0 Å². The van der Waals surface area contributed by atoms with Crippen LogP contribution in [0.25, 0.3) is 0 Å². The van der Waals surface area contributed by atoms with Crippen molar-refractivity contribution >= 4 is 21.7 Å². The lowest BCUT2D eigenvalue weighted by atomic mass is 9.96. The van der Waals surface area contributed by atoms with Crippen molar-refractivity contribution in [2.45, 2.75) is 19.9 Å². The predicted octanol–water partition coefficient (Wildman–Crippen LogP) is 0.763. The van der Waals surface area contributed by atoms with E-state index >= 15 is 0 Å². The van der Waals surface area contributed by atoms with E-state index in [0.717, 1.165) is 11.1 Å². The lowest BCUT2D eigenvalue weighted by molar-refractivity contribution is 0.0601. The first-order valence-electron chi connectivity index (χ1n) is 6.37. The molecule has 1 aromatic rings. The average molecular weight is 298 g/mol. The van der Waals surface area contributed by atoms with Crippen LogP contribution in [0.3, 0.4) is 0 Å². The van der Waals surface area contributed by atoms with Gasteiger partial charge in [-0.05, 0) is 30.5 Å². The summed E-state index contributed by atoms with van der Waals surface area (Å²) in [5.41, 5.74) is 8.41. The highest BCUT2D eigenvalue weighted by Crippen LogP contribution is 2.29. The number of fused-ring (bicyclic) bond motifs is 1. The van der Waals surface area contributed by atoms with Crippen LogP contribution in [0, 0.1) is 0 Å². The van der Waals surface area contributed by atoms with Gasteiger partial charge in [0.05, 0.1) is 18.4 Å². The van der Waals surface area contributed by atoms with E-state index in [0.29, 0.717) is 30.8 Å². The number of nitrogens with two attached hydrogens (primary N) is 1. The molecule has 0 aliphatic carbocycles. The van der Waals surface area contributed by atoms with E-state index in [1.807, 2.05) is 0 Å². The standard InChI is InChI=1S/C13H18N2O4S/c1-3-20(17,18)15-7-6-10-9(8-15)4-5-11(12(10)14)13(16)19-2/h4-5H,3,6-8,14H2,1-2H3. The number of methoxy groups -OCH3 is 1. The number of sulfonamides is 1. The van der Waals surface area contributed by atoms with Crippen molar-refractivity contribution in [3.63, 3.8) is 0 Å². The minimum atomic E-state index is -3.21. The monoisotopic (exact) mass is 298 g/mol. The summed E-state index contributed by atoms with van der Waals surface area (Å²) >= 11 is 0. The third-order valence-corrected chi connectivity index (χ3v) is 5.40. The highest BCUT2D eigenvalue weighted by molar-refractivity contribution is 7.89. The Labute approximate surface area is 118 Å². The third-order valence-electron chi connectivity index (χ3n) is 3.58. The molecule has 0 bridgehead atoms. The first-order chi connectivity index (χ1) is 9.40. The molecule has 1 aliphatic heterocycles. The zero-order valence-corrected chi connectivity index (χ0v) is 12.4. The smallest absolute Gasteiger partial charge is 0.339 e. The minimum absolute atomic E-state index is 0.0814. The van der Waals surface area contributed by atoms with Crippen LogP contribution in [-0.4, -0.2) is 38.1 Å². The van der Waals surface area contributed by atoms with Crippen molar-refractivity contribution in [1.29, 1.82) is 0 Å². The summed E-state index contributed by atoms with van der Waals surface area (Å²) in [4.78, 5) is 11.6. The molecule has 6 nitrogen and oxygen atoms in total. The number of carbonyl (C=O) groups is 1. The van der Waals surface area contributed by atoms with Crippen molar-refractivity contribution in [3.05, 3.63) is 28.8 Å². The Balaban J connectivity index is 2.37. The third kappa shape index (κ3) is 2.51. The van der Waals surface area contributed by atoms with Crippen molar-refractivity contribution < 1.29 is 17.9 Å². The van der Waals surface area contributed by atoms with Crippen molar-refractivity contribution in [2.24, 2.45) is 0 Å². The molecule has 2 N–H and O–H groups in total. The molecule has 0 atom stereocenters. The van der Waals surface area contributed by atoms with Gasteiger partial charge in [0.1, 0.15) is 0 Å². The summed E-state index contributed by atoms with van der Waals surface area (Å²) < 4.78 is 29.9. The molecular weight excluding hydrogens is 280 g/mol.